The van der Waals surface area contributed by atoms with Crippen molar-refractivity contribution in [3.05, 3.63) is 34.1 Å². The fourth-order valence-electron chi connectivity index (χ4n) is 2.21. The topological polar surface area (TPSA) is 46.3 Å². The van der Waals surface area contributed by atoms with Gasteiger partial charge in [-0.25, -0.2) is 4.39 Å². The number of nitrogens with two attached hydrogens (primary N) is 1. The second-order valence-corrected chi connectivity index (χ2v) is 5.95. The number of hydrogen-bond donors (Lipinski definition) is 1. The molecule has 0 radical (unpaired) electrons. The molecule has 0 aliphatic carbocycles. The predicted molar refractivity (Wildman–Crippen MR) is 79.5 cm³/mol. The summed E-state index contributed by atoms with van der Waals surface area (Å²) >= 11 is 8.05. The molecule has 3 nitrogen and oxygen atoms in total. The molecule has 19 heavy (non-hydrogen) atoms. The van der Waals surface area contributed by atoms with Crippen molar-refractivity contribution in [2.45, 2.75) is 12.8 Å². The number of carbonyl (C=O) groups excluding carboxylic acids is 1. The molecule has 1 aliphatic rings. The largest absolute Gasteiger partial charge is 0.393 e. The highest BCUT2D eigenvalue weighted by Gasteiger charge is 2.26. The molecule has 2 N–H and O–H groups in total. The Balaban J connectivity index is 2.14. The second kappa shape index (κ2) is 5.96. The monoisotopic (exact) mass is 344 g/mol. The van der Waals surface area contributed by atoms with Crippen LogP contribution in [0.1, 0.15) is 23.2 Å². The van der Waals surface area contributed by atoms with E-state index in [4.69, 9.17) is 18.0 Å². The standard InChI is InChI=1S/C13H14BrFN2OS/c14-10-4-3-8(6-11(10)15)13(18)17-5-1-2-9(7-17)12(16)19/h3-4,6,9H,1-2,5,7H2,(H2,16,19). The molecule has 1 unspecified atom stereocenters. The lowest BCUT2D eigenvalue weighted by molar-refractivity contribution is 0.0703. The van der Waals surface area contributed by atoms with Crippen molar-refractivity contribution in [3.8, 4) is 0 Å². The zero-order valence-electron chi connectivity index (χ0n) is 10.2. The third kappa shape index (κ3) is 3.30. The van der Waals surface area contributed by atoms with Crippen LogP contribution >= 0.6 is 28.1 Å². The average Bonchev–Trinajstić information content (AvgIpc) is 2.41. The quantitative estimate of drug-likeness (QED) is 0.839. The predicted octanol–water partition coefficient (Wildman–Crippen LogP) is 2.73. The summed E-state index contributed by atoms with van der Waals surface area (Å²) in [5.74, 6) is -0.547. The highest BCUT2D eigenvalue weighted by Crippen LogP contribution is 2.21. The van der Waals surface area contributed by atoms with Crippen LogP contribution in [0.4, 0.5) is 4.39 Å². The molecule has 1 amide bonds. The van der Waals surface area contributed by atoms with Gasteiger partial charge in [-0.1, -0.05) is 12.2 Å². The van der Waals surface area contributed by atoms with Crippen LogP contribution in [-0.2, 0) is 0 Å². The number of piperidine rings is 1. The van der Waals surface area contributed by atoms with E-state index >= 15 is 0 Å². The van der Waals surface area contributed by atoms with Crippen molar-refractivity contribution in [2.75, 3.05) is 13.1 Å². The maximum Gasteiger partial charge on any atom is 0.253 e. The zero-order valence-corrected chi connectivity index (χ0v) is 12.6. The lowest BCUT2D eigenvalue weighted by Crippen LogP contribution is -2.43. The minimum absolute atomic E-state index is 0.0630. The average molecular weight is 345 g/mol. The van der Waals surface area contributed by atoms with Gasteiger partial charge in [-0.05, 0) is 47.0 Å². The summed E-state index contributed by atoms with van der Waals surface area (Å²) in [6.07, 6.45) is 1.78. The lowest BCUT2D eigenvalue weighted by Gasteiger charge is -2.32. The number of halogens is 2. The van der Waals surface area contributed by atoms with E-state index in [0.717, 1.165) is 12.8 Å². The molecular weight excluding hydrogens is 331 g/mol. The van der Waals surface area contributed by atoms with E-state index in [1.54, 1.807) is 11.0 Å². The number of likely N-dealkylation sites (tertiary alicyclic amines) is 1. The van der Waals surface area contributed by atoms with Gasteiger partial charge in [-0.15, -0.1) is 0 Å². The Labute approximate surface area is 125 Å². The minimum atomic E-state index is -0.436. The summed E-state index contributed by atoms with van der Waals surface area (Å²) < 4.78 is 13.8. The van der Waals surface area contributed by atoms with Crippen LogP contribution in [0.25, 0.3) is 0 Å². The molecule has 0 spiro atoms. The molecule has 0 saturated carbocycles. The van der Waals surface area contributed by atoms with Crippen molar-refractivity contribution in [1.29, 1.82) is 0 Å². The van der Waals surface area contributed by atoms with E-state index in [1.165, 1.54) is 12.1 Å². The molecule has 1 fully saturated rings. The molecule has 0 aromatic heterocycles. The van der Waals surface area contributed by atoms with Gasteiger partial charge in [0.05, 0.1) is 9.46 Å². The molecule has 102 valence electrons. The van der Waals surface area contributed by atoms with Gasteiger partial charge in [0, 0.05) is 24.6 Å². The van der Waals surface area contributed by atoms with Crippen LogP contribution in [-0.4, -0.2) is 28.9 Å². The minimum Gasteiger partial charge on any atom is -0.393 e. The number of benzene rings is 1. The van der Waals surface area contributed by atoms with Crippen molar-refractivity contribution in [2.24, 2.45) is 11.7 Å². The molecule has 6 heteroatoms. The van der Waals surface area contributed by atoms with Crippen LogP contribution in [0.2, 0.25) is 0 Å². The van der Waals surface area contributed by atoms with Crippen molar-refractivity contribution >= 4 is 39.0 Å². The van der Waals surface area contributed by atoms with Gasteiger partial charge in [0.1, 0.15) is 5.82 Å². The van der Waals surface area contributed by atoms with E-state index in [9.17, 15) is 9.18 Å². The SMILES string of the molecule is NC(=S)C1CCCN(C(=O)c2ccc(Br)c(F)c2)C1. The fourth-order valence-corrected chi connectivity index (χ4v) is 2.64. The molecule has 1 aromatic rings. The highest BCUT2D eigenvalue weighted by atomic mass is 79.9. The van der Waals surface area contributed by atoms with Crippen LogP contribution in [0.5, 0.6) is 0 Å². The maximum absolute atomic E-state index is 13.5. The molecule has 1 aliphatic heterocycles. The Hall–Kier alpha value is -1.01. The van der Waals surface area contributed by atoms with Gasteiger partial charge in [0.25, 0.3) is 5.91 Å². The number of carbonyl (C=O) groups is 1. The van der Waals surface area contributed by atoms with E-state index in [2.05, 4.69) is 15.9 Å². The van der Waals surface area contributed by atoms with Gasteiger partial charge in [0.15, 0.2) is 0 Å². The summed E-state index contributed by atoms with van der Waals surface area (Å²) in [5.41, 5.74) is 5.99. The first-order chi connectivity index (χ1) is 8.99. The normalized spacial score (nSPS) is 19.3. The van der Waals surface area contributed by atoms with E-state index < -0.39 is 5.82 Å². The van der Waals surface area contributed by atoms with Gasteiger partial charge in [-0.2, -0.15) is 0 Å². The fraction of sp³-hybridized carbons (Fsp3) is 0.385. The molecule has 1 aromatic carbocycles. The first-order valence-electron chi connectivity index (χ1n) is 6.02. The molecule has 1 saturated heterocycles. The van der Waals surface area contributed by atoms with Crippen molar-refractivity contribution < 1.29 is 9.18 Å². The smallest absolute Gasteiger partial charge is 0.253 e. The number of rotatable bonds is 2. The molecular formula is C13H14BrFN2OS. The van der Waals surface area contributed by atoms with Crippen LogP contribution < -0.4 is 5.73 Å². The van der Waals surface area contributed by atoms with E-state index in [1.807, 2.05) is 0 Å². The third-order valence-corrected chi connectivity index (χ3v) is 4.25. The zero-order chi connectivity index (χ0) is 14.0. The number of thiocarbonyl (C=S) groups is 1. The summed E-state index contributed by atoms with van der Waals surface area (Å²) in [4.78, 5) is 14.4. The number of hydrogen-bond acceptors (Lipinski definition) is 2. The summed E-state index contributed by atoms with van der Waals surface area (Å²) in [6, 6.07) is 4.40. The number of nitrogens with zero attached hydrogens (tertiary/aromatic N) is 1. The maximum atomic E-state index is 13.5. The Morgan fingerprint density at radius 3 is 2.89 bits per heavy atom. The Kier molecular flexibility index (Phi) is 4.52. The Morgan fingerprint density at radius 1 is 1.53 bits per heavy atom. The van der Waals surface area contributed by atoms with E-state index in [-0.39, 0.29) is 11.8 Å². The van der Waals surface area contributed by atoms with Gasteiger partial charge < -0.3 is 10.6 Å². The first kappa shape index (κ1) is 14.4. The van der Waals surface area contributed by atoms with Gasteiger partial charge in [-0.3, -0.25) is 4.79 Å². The van der Waals surface area contributed by atoms with Gasteiger partial charge in [0.2, 0.25) is 0 Å². The molecule has 0 bridgehead atoms. The van der Waals surface area contributed by atoms with Gasteiger partial charge >= 0.3 is 0 Å². The summed E-state index contributed by atoms with van der Waals surface area (Å²) in [6.45, 7) is 1.18. The van der Waals surface area contributed by atoms with Crippen LogP contribution in [0.3, 0.4) is 0 Å². The number of amides is 1. The first-order valence-corrected chi connectivity index (χ1v) is 7.23. The molecule has 2 rings (SSSR count). The second-order valence-electron chi connectivity index (χ2n) is 4.62. The Morgan fingerprint density at radius 2 is 2.26 bits per heavy atom. The van der Waals surface area contributed by atoms with Crippen LogP contribution in [0, 0.1) is 11.7 Å². The van der Waals surface area contributed by atoms with Crippen molar-refractivity contribution in [3.63, 3.8) is 0 Å². The van der Waals surface area contributed by atoms with Crippen molar-refractivity contribution in [1.82, 2.24) is 4.90 Å². The Bertz CT molecular complexity index is 523. The lowest BCUT2D eigenvalue weighted by atomic mass is 9.97. The molecule has 1 heterocycles. The van der Waals surface area contributed by atoms with Crippen LogP contribution in [0.15, 0.2) is 22.7 Å². The highest BCUT2D eigenvalue weighted by molar-refractivity contribution is 9.10. The third-order valence-electron chi connectivity index (χ3n) is 3.28. The summed E-state index contributed by atoms with van der Waals surface area (Å²) in [7, 11) is 0. The molecule has 1 atom stereocenters. The summed E-state index contributed by atoms with van der Waals surface area (Å²) in [5, 5.41) is 0. The van der Waals surface area contributed by atoms with E-state index in [0.29, 0.717) is 28.1 Å².